The average Bonchev–Trinajstić information content (AvgIpc) is 3.26. The predicted octanol–water partition coefficient (Wildman–Crippen LogP) is 5.83. The molecule has 0 fully saturated rings. The Labute approximate surface area is 193 Å². The molecule has 1 heterocycles. The molecule has 0 bridgehead atoms. The van der Waals surface area contributed by atoms with Crippen LogP contribution in [-0.4, -0.2) is 21.9 Å². The molecular formula is C23H18ClN3O4S. The summed E-state index contributed by atoms with van der Waals surface area (Å²) in [6, 6.07) is 23.6. The molecule has 3 aromatic carbocycles. The lowest BCUT2D eigenvalue weighted by Gasteiger charge is -2.08. The summed E-state index contributed by atoms with van der Waals surface area (Å²) in [7, 11) is 0. The van der Waals surface area contributed by atoms with Crippen LogP contribution in [0, 0.1) is 0 Å². The lowest BCUT2D eigenvalue weighted by molar-refractivity contribution is -0.113. The molecule has 9 heteroatoms. The summed E-state index contributed by atoms with van der Waals surface area (Å²) < 4.78 is 16.9. The number of nitrogens with one attached hydrogen (secondary N) is 1. The van der Waals surface area contributed by atoms with E-state index in [1.807, 2.05) is 42.5 Å². The van der Waals surface area contributed by atoms with Crippen molar-refractivity contribution < 1.29 is 18.7 Å². The van der Waals surface area contributed by atoms with Gasteiger partial charge in [-0.25, -0.2) is 0 Å². The van der Waals surface area contributed by atoms with Crippen molar-refractivity contribution in [2.75, 3.05) is 11.1 Å². The van der Waals surface area contributed by atoms with Crippen molar-refractivity contribution in [1.29, 1.82) is 0 Å². The Kier molecular flexibility index (Phi) is 7.27. The van der Waals surface area contributed by atoms with Crippen LogP contribution < -0.4 is 14.8 Å². The van der Waals surface area contributed by atoms with E-state index >= 15 is 0 Å². The Bertz CT molecular complexity index is 1170. The van der Waals surface area contributed by atoms with Crippen molar-refractivity contribution in [2.45, 2.75) is 11.8 Å². The highest BCUT2D eigenvalue weighted by atomic mass is 35.5. The molecule has 4 aromatic rings. The number of nitrogens with zero attached hydrogens (tertiary/aromatic N) is 2. The largest absolute Gasteiger partial charge is 0.484 e. The number of hydrogen-bond donors (Lipinski definition) is 1. The first kappa shape index (κ1) is 21.7. The van der Waals surface area contributed by atoms with E-state index in [0.29, 0.717) is 28.1 Å². The van der Waals surface area contributed by atoms with Crippen LogP contribution in [0.4, 0.5) is 5.69 Å². The fraction of sp³-hybridized carbons (Fsp3) is 0.0870. The molecule has 0 saturated carbocycles. The van der Waals surface area contributed by atoms with E-state index in [4.69, 9.17) is 25.5 Å². The minimum Gasteiger partial charge on any atom is -0.484 e. The molecule has 7 nitrogen and oxygen atoms in total. The summed E-state index contributed by atoms with van der Waals surface area (Å²) in [5, 5.41) is 11.6. The maximum atomic E-state index is 12.3. The Morgan fingerprint density at radius 3 is 2.53 bits per heavy atom. The monoisotopic (exact) mass is 467 g/mol. The van der Waals surface area contributed by atoms with Gasteiger partial charge in [-0.05, 0) is 48.5 Å². The molecule has 1 N–H and O–H groups in total. The van der Waals surface area contributed by atoms with Gasteiger partial charge in [-0.3, -0.25) is 4.79 Å². The smallest absolute Gasteiger partial charge is 0.277 e. The highest BCUT2D eigenvalue weighted by Crippen LogP contribution is 2.24. The van der Waals surface area contributed by atoms with Gasteiger partial charge >= 0.3 is 0 Å². The van der Waals surface area contributed by atoms with Crippen molar-refractivity contribution in [1.82, 2.24) is 10.2 Å². The van der Waals surface area contributed by atoms with Gasteiger partial charge < -0.3 is 19.2 Å². The number of hydrogen-bond acceptors (Lipinski definition) is 7. The van der Waals surface area contributed by atoms with Gasteiger partial charge in [-0.15, -0.1) is 10.2 Å². The van der Waals surface area contributed by atoms with Crippen LogP contribution in [0.25, 0.3) is 0 Å². The van der Waals surface area contributed by atoms with Gasteiger partial charge in [-0.2, -0.15) is 0 Å². The van der Waals surface area contributed by atoms with Crippen LogP contribution >= 0.6 is 23.4 Å². The van der Waals surface area contributed by atoms with Crippen LogP contribution in [-0.2, 0) is 11.4 Å². The zero-order chi connectivity index (χ0) is 22.2. The zero-order valence-electron chi connectivity index (χ0n) is 16.7. The van der Waals surface area contributed by atoms with Crippen LogP contribution in [0.5, 0.6) is 17.2 Å². The summed E-state index contributed by atoms with van der Waals surface area (Å²) in [6.45, 7) is 0.121. The first-order chi connectivity index (χ1) is 15.6. The van der Waals surface area contributed by atoms with Crippen LogP contribution in [0.2, 0.25) is 5.02 Å². The molecule has 0 atom stereocenters. The van der Waals surface area contributed by atoms with Crippen molar-refractivity contribution in [3.05, 3.63) is 89.8 Å². The second kappa shape index (κ2) is 10.7. The summed E-state index contributed by atoms with van der Waals surface area (Å²) in [4.78, 5) is 12.3. The molecule has 1 aromatic heterocycles. The summed E-state index contributed by atoms with van der Waals surface area (Å²) >= 11 is 6.99. The third kappa shape index (κ3) is 6.50. The number of carbonyl (C=O) groups is 1. The number of anilines is 1. The molecule has 0 aliphatic carbocycles. The van der Waals surface area contributed by atoms with Crippen molar-refractivity contribution >= 4 is 35.0 Å². The van der Waals surface area contributed by atoms with Gasteiger partial charge in [0.15, 0.2) is 6.61 Å². The van der Waals surface area contributed by atoms with Crippen LogP contribution in [0.3, 0.4) is 0 Å². The first-order valence-corrected chi connectivity index (χ1v) is 11.0. The normalized spacial score (nSPS) is 10.5. The molecule has 32 heavy (non-hydrogen) atoms. The molecule has 0 radical (unpaired) electrons. The Hall–Kier alpha value is -3.49. The number of thioether (sulfide) groups is 1. The van der Waals surface area contributed by atoms with Crippen molar-refractivity contribution in [2.24, 2.45) is 0 Å². The highest BCUT2D eigenvalue weighted by molar-refractivity contribution is 7.99. The minimum absolute atomic E-state index is 0.115. The second-order valence-electron chi connectivity index (χ2n) is 6.48. The minimum atomic E-state index is -0.205. The lowest BCUT2D eigenvalue weighted by atomic mass is 10.3. The van der Waals surface area contributed by atoms with Crippen molar-refractivity contribution in [3.63, 3.8) is 0 Å². The number of halogens is 1. The Morgan fingerprint density at radius 1 is 0.938 bits per heavy atom. The van der Waals surface area contributed by atoms with Gasteiger partial charge in [0.25, 0.3) is 11.1 Å². The number of aromatic nitrogens is 2. The molecular weight excluding hydrogens is 450 g/mol. The van der Waals surface area contributed by atoms with Gasteiger partial charge in [0, 0.05) is 16.8 Å². The number of ether oxygens (including phenoxy) is 2. The molecule has 0 unspecified atom stereocenters. The predicted molar refractivity (Wildman–Crippen MR) is 122 cm³/mol. The maximum Gasteiger partial charge on any atom is 0.277 e. The van der Waals surface area contributed by atoms with E-state index in [9.17, 15) is 4.79 Å². The molecule has 0 aliphatic heterocycles. The topological polar surface area (TPSA) is 86.5 Å². The standard InChI is InChI=1S/C23H18ClN3O4S/c24-16-9-11-18(12-10-16)29-14-22-26-27-23(31-22)32-15-21(28)25-17-5-4-8-20(13-17)30-19-6-2-1-3-7-19/h1-13H,14-15H2,(H,25,28). The van der Waals surface area contributed by atoms with Crippen LogP contribution in [0.1, 0.15) is 5.89 Å². The van der Waals surface area contributed by atoms with E-state index in [1.54, 1.807) is 36.4 Å². The molecule has 1 amide bonds. The number of benzene rings is 3. The molecule has 162 valence electrons. The third-order valence-corrected chi connectivity index (χ3v) is 5.12. The Morgan fingerprint density at radius 2 is 1.72 bits per heavy atom. The van der Waals surface area contributed by atoms with E-state index in [-0.39, 0.29) is 23.5 Å². The fourth-order valence-corrected chi connectivity index (χ4v) is 3.32. The summed E-state index contributed by atoms with van der Waals surface area (Å²) in [5.41, 5.74) is 0.631. The van der Waals surface area contributed by atoms with E-state index < -0.39 is 0 Å². The number of para-hydroxylation sites is 1. The lowest BCUT2D eigenvalue weighted by Crippen LogP contribution is -2.13. The number of amides is 1. The molecule has 0 spiro atoms. The highest BCUT2D eigenvalue weighted by Gasteiger charge is 2.11. The van der Waals surface area contributed by atoms with Crippen molar-refractivity contribution in [3.8, 4) is 17.2 Å². The van der Waals surface area contributed by atoms with Gasteiger partial charge in [-0.1, -0.05) is 47.6 Å². The summed E-state index contributed by atoms with van der Waals surface area (Å²) in [5.74, 6) is 2.21. The molecule has 4 rings (SSSR count). The second-order valence-corrected chi connectivity index (χ2v) is 7.85. The fourth-order valence-electron chi connectivity index (χ4n) is 2.62. The SMILES string of the molecule is O=C(CSc1nnc(COc2ccc(Cl)cc2)o1)Nc1cccc(Oc2ccccc2)c1. The van der Waals surface area contributed by atoms with E-state index in [0.717, 1.165) is 17.5 Å². The van der Waals surface area contributed by atoms with Crippen LogP contribution in [0.15, 0.2) is 88.5 Å². The molecule has 0 aliphatic rings. The molecule has 0 saturated heterocycles. The quantitative estimate of drug-likeness (QED) is 0.310. The maximum absolute atomic E-state index is 12.3. The zero-order valence-corrected chi connectivity index (χ0v) is 18.3. The van der Waals surface area contributed by atoms with Gasteiger partial charge in [0.2, 0.25) is 5.91 Å². The summed E-state index contributed by atoms with van der Waals surface area (Å²) in [6.07, 6.45) is 0. The Balaban J connectivity index is 1.24. The third-order valence-electron chi connectivity index (χ3n) is 4.05. The van der Waals surface area contributed by atoms with Gasteiger partial charge in [0.05, 0.1) is 5.75 Å². The van der Waals surface area contributed by atoms with Gasteiger partial charge in [0.1, 0.15) is 17.2 Å². The average molecular weight is 468 g/mol. The first-order valence-electron chi connectivity index (χ1n) is 9.60. The number of rotatable bonds is 9. The number of carbonyl (C=O) groups excluding carboxylic acids is 1. The van der Waals surface area contributed by atoms with E-state index in [2.05, 4.69) is 15.5 Å². The van der Waals surface area contributed by atoms with E-state index in [1.165, 1.54) is 0 Å².